The Balaban J connectivity index is 2.55. The maximum atomic E-state index is 4.46. The van der Waals surface area contributed by atoms with Crippen molar-refractivity contribution in [1.82, 2.24) is 9.55 Å². The van der Waals surface area contributed by atoms with Crippen LogP contribution in [0.1, 0.15) is 40.4 Å². The minimum absolute atomic E-state index is 0.0234. The van der Waals surface area contributed by atoms with Crippen LogP contribution >= 0.6 is 0 Å². The highest BCUT2D eigenvalue weighted by Gasteiger charge is 2.28. The fourth-order valence-electron chi connectivity index (χ4n) is 2.08. The Bertz CT molecular complexity index is 463. The molecule has 2 nitrogen and oxygen atoms in total. The molecule has 0 fully saturated rings. The van der Waals surface area contributed by atoms with Gasteiger partial charge in [-0.25, -0.2) is 4.98 Å². The first kappa shape index (κ1) is 12.2. The number of imidazole rings is 1. The minimum Gasteiger partial charge on any atom is -0.310 e. The van der Waals surface area contributed by atoms with Gasteiger partial charge < -0.3 is 4.57 Å². The van der Waals surface area contributed by atoms with E-state index >= 15 is 0 Å². The molecule has 0 aromatic carbocycles. The molecule has 1 aromatic rings. The number of fused-ring (bicyclic) bond motifs is 1. The third kappa shape index (κ3) is 2.08. The van der Waals surface area contributed by atoms with Gasteiger partial charge in [0.15, 0.2) is 0 Å². The largest absolute Gasteiger partial charge is 0.310 e. The Kier molecular flexibility index (Phi) is 2.76. The van der Waals surface area contributed by atoms with E-state index in [1.807, 2.05) is 12.4 Å². The summed E-state index contributed by atoms with van der Waals surface area (Å²) in [5, 5.41) is 0. The summed E-state index contributed by atoms with van der Waals surface area (Å²) >= 11 is 0. The van der Waals surface area contributed by atoms with E-state index in [1.165, 1.54) is 0 Å². The van der Waals surface area contributed by atoms with E-state index in [1.54, 1.807) is 0 Å². The van der Waals surface area contributed by atoms with Gasteiger partial charge in [-0.2, -0.15) is 0 Å². The topological polar surface area (TPSA) is 17.8 Å². The van der Waals surface area contributed by atoms with E-state index in [4.69, 9.17) is 0 Å². The molecule has 1 atom stereocenters. The summed E-state index contributed by atoms with van der Waals surface area (Å²) in [7, 11) is 0. The lowest BCUT2D eigenvalue weighted by Gasteiger charge is -2.31. The molecule has 0 radical (unpaired) electrons. The van der Waals surface area contributed by atoms with Crippen molar-refractivity contribution in [2.24, 2.45) is 11.3 Å². The summed E-state index contributed by atoms with van der Waals surface area (Å²) in [4.78, 5) is 4.46. The number of nitrogens with zero attached hydrogens (tertiary/aromatic N) is 2. The van der Waals surface area contributed by atoms with Gasteiger partial charge in [-0.3, -0.25) is 0 Å². The molecule has 17 heavy (non-hydrogen) atoms. The number of aromatic nitrogens is 2. The molecule has 0 saturated carbocycles. The summed E-state index contributed by atoms with van der Waals surface area (Å²) in [6, 6.07) is 0. The normalized spacial score (nSPS) is 30.5. The van der Waals surface area contributed by atoms with E-state index in [-0.39, 0.29) is 10.8 Å². The van der Waals surface area contributed by atoms with Gasteiger partial charge in [0.25, 0.3) is 0 Å². The standard InChI is InChI=1S/C15H22N2/c1-12(2)15(5)7-6-14(3,4)13-16-9-11-17(13)10-8-15/h6-12H,1-5H3/b7-6-,10-8-. The molecule has 2 rings (SSSR count). The first-order valence-electron chi connectivity index (χ1n) is 6.28. The van der Waals surface area contributed by atoms with Crippen LogP contribution in [0.25, 0.3) is 6.20 Å². The molecule has 0 aliphatic carbocycles. The van der Waals surface area contributed by atoms with Crippen molar-refractivity contribution in [3.05, 3.63) is 36.4 Å². The lowest BCUT2D eigenvalue weighted by molar-refractivity contribution is 0.378. The van der Waals surface area contributed by atoms with Crippen molar-refractivity contribution in [3.63, 3.8) is 0 Å². The van der Waals surface area contributed by atoms with Gasteiger partial charge in [0.2, 0.25) is 0 Å². The smallest absolute Gasteiger partial charge is 0.122 e. The van der Waals surface area contributed by atoms with Crippen LogP contribution in [0.2, 0.25) is 0 Å². The SMILES string of the molecule is CC(C)C1(C)/C=C\n2ccnc2C(C)(C)/C=C\1. The molecule has 2 heterocycles. The Labute approximate surface area is 104 Å². The molecule has 1 unspecified atom stereocenters. The second kappa shape index (κ2) is 3.86. The zero-order valence-electron chi connectivity index (χ0n) is 11.4. The average molecular weight is 230 g/mol. The predicted octanol–water partition coefficient (Wildman–Crippen LogP) is 3.86. The van der Waals surface area contributed by atoms with Crippen LogP contribution in [0.15, 0.2) is 30.6 Å². The van der Waals surface area contributed by atoms with Gasteiger partial charge in [-0.1, -0.05) is 39.0 Å². The highest BCUT2D eigenvalue weighted by molar-refractivity contribution is 5.36. The van der Waals surface area contributed by atoms with Crippen molar-refractivity contribution >= 4 is 6.20 Å². The lowest BCUT2D eigenvalue weighted by atomic mass is 9.76. The van der Waals surface area contributed by atoms with Gasteiger partial charge in [0, 0.05) is 29.4 Å². The highest BCUT2D eigenvalue weighted by atomic mass is 15.1. The van der Waals surface area contributed by atoms with E-state index in [2.05, 4.69) is 68.6 Å². The predicted molar refractivity (Wildman–Crippen MR) is 72.7 cm³/mol. The Morgan fingerprint density at radius 2 is 1.82 bits per heavy atom. The first-order chi connectivity index (χ1) is 7.85. The van der Waals surface area contributed by atoms with E-state index < -0.39 is 0 Å². The summed E-state index contributed by atoms with van der Waals surface area (Å²) in [5.41, 5.74) is 0.0869. The van der Waals surface area contributed by atoms with Gasteiger partial charge in [-0.05, 0) is 19.8 Å². The Morgan fingerprint density at radius 1 is 1.12 bits per heavy atom. The first-order valence-corrected chi connectivity index (χ1v) is 6.28. The number of rotatable bonds is 1. The van der Waals surface area contributed by atoms with Crippen molar-refractivity contribution in [2.45, 2.75) is 40.0 Å². The zero-order chi connectivity index (χ0) is 12.7. The lowest BCUT2D eigenvalue weighted by Crippen LogP contribution is -2.25. The molecule has 2 heteroatoms. The second-order valence-corrected chi connectivity index (χ2v) is 6.05. The number of allylic oxidation sites excluding steroid dienone is 3. The quantitative estimate of drug-likeness (QED) is 0.670. The molecular formula is C15H22N2. The fourth-order valence-corrected chi connectivity index (χ4v) is 2.08. The maximum absolute atomic E-state index is 4.46. The molecular weight excluding hydrogens is 208 g/mol. The van der Waals surface area contributed by atoms with Crippen LogP contribution in [0, 0.1) is 11.3 Å². The molecule has 0 spiro atoms. The third-order valence-corrected chi connectivity index (χ3v) is 3.94. The molecule has 0 bridgehead atoms. The monoisotopic (exact) mass is 230 g/mol. The van der Waals surface area contributed by atoms with Crippen LogP contribution in [-0.4, -0.2) is 9.55 Å². The fraction of sp³-hybridized carbons (Fsp3) is 0.533. The van der Waals surface area contributed by atoms with Gasteiger partial charge >= 0.3 is 0 Å². The van der Waals surface area contributed by atoms with Gasteiger partial charge in [0.05, 0.1) is 0 Å². The third-order valence-electron chi connectivity index (χ3n) is 3.94. The van der Waals surface area contributed by atoms with Crippen molar-refractivity contribution in [2.75, 3.05) is 0 Å². The molecule has 1 aliphatic heterocycles. The Hall–Kier alpha value is -1.31. The number of hydrogen-bond donors (Lipinski definition) is 0. The summed E-state index contributed by atoms with van der Waals surface area (Å²) in [5.74, 6) is 1.67. The zero-order valence-corrected chi connectivity index (χ0v) is 11.4. The summed E-state index contributed by atoms with van der Waals surface area (Å²) < 4.78 is 2.13. The van der Waals surface area contributed by atoms with Crippen LogP contribution in [0.5, 0.6) is 0 Å². The Morgan fingerprint density at radius 3 is 2.47 bits per heavy atom. The summed E-state index contributed by atoms with van der Waals surface area (Å²) in [6.07, 6.45) is 12.9. The molecule has 0 N–H and O–H groups in total. The van der Waals surface area contributed by atoms with E-state index in [0.29, 0.717) is 5.92 Å². The van der Waals surface area contributed by atoms with Crippen LogP contribution in [0.3, 0.4) is 0 Å². The molecule has 1 aromatic heterocycles. The van der Waals surface area contributed by atoms with Crippen molar-refractivity contribution in [1.29, 1.82) is 0 Å². The average Bonchev–Trinajstić information content (AvgIpc) is 2.71. The summed E-state index contributed by atoms with van der Waals surface area (Å²) in [6.45, 7) is 11.2. The van der Waals surface area contributed by atoms with E-state index in [0.717, 1.165) is 5.82 Å². The maximum Gasteiger partial charge on any atom is 0.122 e. The van der Waals surface area contributed by atoms with E-state index in [9.17, 15) is 0 Å². The molecule has 0 amide bonds. The van der Waals surface area contributed by atoms with Crippen molar-refractivity contribution in [3.8, 4) is 0 Å². The molecule has 92 valence electrons. The molecule has 1 aliphatic rings. The van der Waals surface area contributed by atoms with Gasteiger partial charge in [-0.15, -0.1) is 0 Å². The molecule has 0 saturated heterocycles. The van der Waals surface area contributed by atoms with Crippen LogP contribution in [0.4, 0.5) is 0 Å². The number of hydrogen-bond acceptors (Lipinski definition) is 1. The van der Waals surface area contributed by atoms with Gasteiger partial charge in [0.1, 0.15) is 5.82 Å². The minimum atomic E-state index is -0.0234. The van der Waals surface area contributed by atoms with Crippen LogP contribution < -0.4 is 0 Å². The highest BCUT2D eigenvalue weighted by Crippen LogP contribution is 2.35. The second-order valence-electron chi connectivity index (χ2n) is 6.05. The van der Waals surface area contributed by atoms with Crippen LogP contribution in [-0.2, 0) is 5.41 Å². The van der Waals surface area contributed by atoms with Crippen molar-refractivity contribution < 1.29 is 0 Å².